The van der Waals surface area contributed by atoms with E-state index in [9.17, 15) is 14.4 Å². The Morgan fingerprint density at radius 3 is 2.56 bits per heavy atom. The number of hydrogen-bond acceptors (Lipinski definition) is 9. The second kappa shape index (κ2) is 16.6. The molecule has 1 rings (SSSR count). The molecule has 0 aliphatic carbocycles. The van der Waals surface area contributed by atoms with E-state index in [0.29, 0.717) is 18.6 Å². The zero-order valence-electron chi connectivity index (χ0n) is 19.8. The van der Waals surface area contributed by atoms with Gasteiger partial charge in [-0.15, -0.1) is 6.42 Å². The number of rotatable bonds is 16. The molecule has 2 N–H and O–H groups in total. The average molecular weight is 493 g/mol. The number of terminal acetylenes is 1. The van der Waals surface area contributed by atoms with Crippen molar-refractivity contribution in [2.75, 3.05) is 27.3 Å². The van der Waals surface area contributed by atoms with Crippen LogP contribution in [0.5, 0.6) is 5.75 Å². The molecule has 0 aliphatic heterocycles. The highest BCUT2D eigenvalue weighted by atomic mass is 31.2. The van der Waals surface area contributed by atoms with Crippen molar-refractivity contribution in [1.82, 2.24) is 15.3 Å². The summed E-state index contributed by atoms with van der Waals surface area (Å²) in [6, 6.07) is 8.64. The van der Waals surface area contributed by atoms with Gasteiger partial charge in [-0.3, -0.25) is 19.7 Å². The number of ether oxygens (including phenoxy) is 2. The van der Waals surface area contributed by atoms with Gasteiger partial charge in [0, 0.05) is 32.9 Å². The van der Waals surface area contributed by atoms with Crippen LogP contribution in [0.1, 0.15) is 20.3 Å². The lowest BCUT2D eigenvalue weighted by Gasteiger charge is -2.27. The fraction of sp³-hybridized carbons (Fsp3) is 0.435. The number of nitrogens with zero attached hydrogens (tertiary/aromatic N) is 1. The predicted molar refractivity (Wildman–Crippen MR) is 128 cm³/mol. The molecular formula is C23H32N3O7P. The Morgan fingerprint density at radius 2 is 1.97 bits per heavy atom. The van der Waals surface area contributed by atoms with E-state index in [-0.39, 0.29) is 19.3 Å². The second-order valence-corrected chi connectivity index (χ2v) is 8.49. The first-order chi connectivity index (χ1) is 16.3. The van der Waals surface area contributed by atoms with Crippen LogP contribution in [-0.4, -0.2) is 68.7 Å². The number of esters is 1. The highest BCUT2D eigenvalue weighted by Gasteiger charge is 2.22. The van der Waals surface area contributed by atoms with Crippen LogP contribution in [0.4, 0.5) is 0 Å². The fourth-order valence-corrected chi connectivity index (χ4v) is 3.58. The van der Waals surface area contributed by atoms with Crippen molar-refractivity contribution in [3.05, 3.63) is 42.6 Å². The molecular weight excluding hydrogens is 461 g/mol. The summed E-state index contributed by atoms with van der Waals surface area (Å²) >= 11 is 0. The maximum Gasteiger partial charge on any atom is 0.320 e. The largest absolute Gasteiger partial charge is 0.462 e. The first kappa shape index (κ1) is 29.1. The van der Waals surface area contributed by atoms with Crippen LogP contribution in [0.15, 0.2) is 42.6 Å². The van der Waals surface area contributed by atoms with Crippen molar-refractivity contribution in [1.29, 1.82) is 0 Å². The number of para-hydroxylation sites is 1. The van der Waals surface area contributed by atoms with Crippen molar-refractivity contribution in [2.24, 2.45) is 0 Å². The number of carbonyl (C=O) groups excluding carboxylic acids is 3. The topological polar surface area (TPSA) is 115 Å². The lowest BCUT2D eigenvalue weighted by molar-refractivity contribution is -0.145. The van der Waals surface area contributed by atoms with Crippen LogP contribution in [0.25, 0.3) is 0 Å². The van der Waals surface area contributed by atoms with Crippen molar-refractivity contribution < 1.29 is 32.9 Å². The summed E-state index contributed by atoms with van der Waals surface area (Å²) in [6.07, 6.45) is 8.38. The van der Waals surface area contributed by atoms with Crippen LogP contribution < -0.4 is 14.9 Å². The van der Waals surface area contributed by atoms with E-state index in [4.69, 9.17) is 24.9 Å². The number of imide groups is 1. The van der Waals surface area contributed by atoms with Gasteiger partial charge < -0.3 is 23.4 Å². The molecule has 10 nitrogen and oxygen atoms in total. The monoisotopic (exact) mass is 493 g/mol. The van der Waals surface area contributed by atoms with Gasteiger partial charge in [-0.1, -0.05) is 24.1 Å². The number of hydrogen-bond donors (Lipinski definition) is 2. The molecule has 0 saturated heterocycles. The van der Waals surface area contributed by atoms with E-state index in [1.54, 1.807) is 37.9 Å². The van der Waals surface area contributed by atoms with Crippen LogP contribution in [0.2, 0.25) is 0 Å². The van der Waals surface area contributed by atoms with Gasteiger partial charge >= 0.3 is 14.5 Å². The van der Waals surface area contributed by atoms with Crippen LogP contribution in [0.3, 0.4) is 0 Å². The van der Waals surface area contributed by atoms with Crippen molar-refractivity contribution >= 4 is 26.8 Å². The predicted octanol–water partition coefficient (Wildman–Crippen LogP) is 1.98. The molecule has 3 atom stereocenters. The van der Waals surface area contributed by atoms with Gasteiger partial charge in [-0.05, 0) is 26.0 Å². The van der Waals surface area contributed by atoms with Gasteiger partial charge in [0.25, 0.3) is 5.91 Å². The maximum absolute atomic E-state index is 11.9. The summed E-state index contributed by atoms with van der Waals surface area (Å²) < 4.78 is 22.4. The maximum atomic E-state index is 11.9. The van der Waals surface area contributed by atoms with Gasteiger partial charge in [0.15, 0.2) is 0 Å². The number of carbonyl (C=O) groups is 3. The Labute approximate surface area is 201 Å². The van der Waals surface area contributed by atoms with E-state index in [1.165, 1.54) is 19.4 Å². The molecule has 34 heavy (non-hydrogen) atoms. The molecule has 0 spiro atoms. The zero-order valence-corrected chi connectivity index (χ0v) is 20.7. The smallest absolute Gasteiger partial charge is 0.320 e. The lowest BCUT2D eigenvalue weighted by atomic mass is 10.1. The normalized spacial score (nSPS) is 13.5. The lowest BCUT2D eigenvalue weighted by Crippen LogP contribution is -2.33. The Hall–Kier alpha value is -2.96. The van der Waals surface area contributed by atoms with Crippen molar-refractivity contribution in [3.63, 3.8) is 0 Å². The van der Waals surface area contributed by atoms with Crippen LogP contribution in [0, 0.1) is 12.3 Å². The van der Waals surface area contributed by atoms with Crippen LogP contribution in [-0.2, 0) is 28.4 Å². The molecule has 0 heterocycles. The molecule has 2 amide bonds. The summed E-state index contributed by atoms with van der Waals surface area (Å²) in [6.45, 7) is 3.58. The van der Waals surface area contributed by atoms with E-state index < -0.39 is 32.5 Å². The van der Waals surface area contributed by atoms with Gasteiger partial charge in [0.1, 0.15) is 12.3 Å². The summed E-state index contributed by atoms with van der Waals surface area (Å²) in [5.74, 6) is 2.23. The SMILES string of the molecule is C#CC(CC(COP(NCC(=O)OC(C)C)Oc1ccccc1)OC)N(C)/C=C\C(=O)NC=O. The first-order valence-electron chi connectivity index (χ1n) is 10.5. The van der Waals surface area contributed by atoms with E-state index in [0.717, 1.165) is 0 Å². The van der Waals surface area contributed by atoms with Crippen molar-refractivity contribution in [2.45, 2.75) is 38.5 Å². The number of nitrogens with one attached hydrogen (secondary N) is 2. The summed E-state index contributed by atoms with van der Waals surface area (Å²) in [5, 5.41) is 4.95. The minimum atomic E-state index is -1.69. The first-order valence-corrected chi connectivity index (χ1v) is 11.7. The Morgan fingerprint density at radius 1 is 1.26 bits per heavy atom. The third kappa shape index (κ3) is 12.3. The molecule has 0 saturated carbocycles. The highest BCUT2D eigenvalue weighted by Crippen LogP contribution is 2.35. The second-order valence-electron chi connectivity index (χ2n) is 7.21. The number of benzene rings is 1. The van der Waals surface area contributed by atoms with E-state index in [2.05, 4.69) is 11.0 Å². The molecule has 1 aromatic carbocycles. The summed E-state index contributed by atoms with van der Waals surface area (Å²) in [5.41, 5.74) is 0. The molecule has 11 heteroatoms. The van der Waals surface area contributed by atoms with Gasteiger partial charge in [0.05, 0.1) is 24.9 Å². The quantitative estimate of drug-likeness (QED) is 0.117. The van der Waals surface area contributed by atoms with Crippen molar-refractivity contribution in [3.8, 4) is 18.1 Å². The number of methoxy groups -OCH3 is 1. The molecule has 186 valence electrons. The minimum Gasteiger partial charge on any atom is -0.462 e. The Bertz CT molecular complexity index is 830. The number of amides is 2. The summed E-state index contributed by atoms with van der Waals surface area (Å²) in [4.78, 5) is 35.3. The van der Waals surface area contributed by atoms with Gasteiger partial charge in [0.2, 0.25) is 6.41 Å². The Kier molecular flexibility index (Phi) is 14.2. The van der Waals surface area contributed by atoms with Gasteiger partial charge in [-0.25, -0.2) is 5.09 Å². The standard InChI is InChI=1S/C23H32N3O7P/c1-6-19(26(4)13-12-22(28)24-17-27)14-21(30-5)16-31-34(25-15-23(29)32-18(2)3)33-20-10-8-7-9-11-20/h1,7-13,17-19,21,25H,14-16H2,2-5H3,(H,24,27,28)/b13-12-. The molecule has 1 aromatic rings. The third-order valence-electron chi connectivity index (χ3n) is 4.19. The van der Waals surface area contributed by atoms with E-state index in [1.807, 2.05) is 23.5 Å². The molecule has 0 radical (unpaired) electrons. The molecule has 0 aromatic heterocycles. The summed E-state index contributed by atoms with van der Waals surface area (Å²) in [7, 11) is 1.54. The minimum absolute atomic E-state index is 0.0856. The molecule has 3 unspecified atom stereocenters. The highest BCUT2D eigenvalue weighted by molar-refractivity contribution is 7.45. The molecule has 0 fully saturated rings. The van der Waals surface area contributed by atoms with Crippen LogP contribution >= 0.6 is 8.53 Å². The zero-order chi connectivity index (χ0) is 25.3. The average Bonchev–Trinajstić information content (AvgIpc) is 2.81. The third-order valence-corrected chi connectivity index (χ3v) is 5.37. The van der Waals surface area contributed by atoms with E-state index >= 15 is 0 Å². The Balaban J connectivity index is 2.73. The van der Waals surface area contributed by atoms with Gasteiger partial charge in [-0.2, -0.15) is 0 Å². The molecule has 0 bridgehead atoms. The fourth-order valence-electron chi connectivity index (χ4n) is 2.49. The molecule has 0 aliphatic rings.